The molecule has 4 nitrogen and oxygen atoms in total. The van der Waals surface area contributed by atoms with E-state index in [1.54, 1.807) is 12.1 Å². The van der Waals surface area contributed by atoms with Crippen molar-refractivity contribution in [2.45, 2.75) is 38.1 Å². The van der Waals surface area contributed by atoms with Crippen molar-refractivity contribution < 1.29 is 0 Å². The molecule has 6 heteroatoms. The van der Waals surface area contributed by atoms with Gasteiger partial charge in [0, 0.05) is 11.1 Å². The Morgan fingerprint density at radius 2 is 1.85 bits per heavy atom. The smallest absolute Gasteiger partial charge is 0.138 e. The molecule has 2 aromatic carbocycles. The number of H-pyrrole nitrogens is 1. The molecule has 0 amide bonds. The monoisotopic (exact) mass is 386 g/mol. The number of hydrogen-bond donors (Lipinski definition) is 2. The summed E-state index contributed by atoms with van der Waals surface area (Å²) >= 11 is 12.1. The van der Waals surface area contributed by atoms with Gasteiger partial charge in [-0.2, -0.15) is 0 Å². The maximum atomic E-state index is 6.25. The van der Waals surface area contributed by atoms with Crippen LogP contribution >= 0.6 is 23.2 Å². The lowest BCUT2D eigenvalue weighted by atomic mass is 9.96. The molecule has 0 unspecified atom stereocenters. The van der Waals surface area contributed by atoms with Crippen molar-refractivity contribution in [3.05, 3.63) is 52.0 Å². The number of fused-ring (bicyclic) bond motifs is 1. The van der Waals surface area contributed by atoms with Gasteiger partial charge in [0.15, 0.2) is 0 Å². The molecule has 3 aromatic rings. The van der Waals surface area contributed by atoms with Crippen LogP contribution in [-0.4, -0.2) is 21.8 Å². The van der Waals surface area contributed by atoms with E-state index in [-0.39, 0.29) is 0 Å². The average Bonchev–Trinajstić information content (AvgIpc) is 3.08. The third-order valence-corrected chi connectivity index (χ3v) is 5.61. The second kappa shape index (κ2) is 7.29. The van der Waals surface area contributed by atoms with Gasteiger partial charge in [-0.15, -0.1) is 0 Å². The average molecular weight is 387 g/mol. The normalized spacial score (nSPS) is 16.3. The van der Waals surface area contributed by atoms with Crippen molar-refractivity contribution >= 4 is 40.1 Å². The molecule has 1 aliphatic carbocycles. The Balaban J connectivity index is 1.65. The van der Waals surface area contributed by atoms with Crippen molar-refractivity contribution in [2.75, 3.05) is 0 Å². The quantitative estimate of drug-likeness (QED) is 0.455. The molecule has 0 radical (unpaired) electrons. The first-order valence-corrected chi connectivity index (χ1v) is 9.64. The summed E-state index contributed by atoms with van der Waals surface area (Å²) in [6.45, 7) is 0. The van der Waals surface area contributed by atoms with Crippen LogP contribution in [0.15, 0.2) is 41.4 Å². The fourth-order valence-corrected chi connectivity index (χ4v) is 3.73. The molecule has 1 saturated carbocycles. The van der Waals surface area contributed by atoms with Crippen LogP contribution in [0.25, 0.3) is 22.4 Å². The number of halogens is 2. The van der Waals surface area contributed by atoms with E-state index in [4.69, 9.17) is 33.9 Å². The van der Waals surface area contributed by atoms with Crippen LogP contribution in [0.4, 0.5) is 0 Å². The molecular weight excluding hydrogens is 367 g/mol. The minimum atomic E-state index is 0.355. The fraction of sp³-hybridized carbons (Fsp3) is 0.300. The summed E-state index contributed by atoms with van der Waals surface area (Å²) in [7, 11) is 0. The van der Waals surface area contributed by atoms with E-state index < -0.39 is 0 Å². The summed E-state index contributed by atoms with van der Waals surface area (Å²) < 4.78 is 0. The molecule has 1 aliphatic rings. The second-order valence-electron chi connectivity index (χ2n) is 6.75. The number of amidine groups is 1. The predicted molar refractivity (Wildman–Crippen MR) is 109 cm³/mol. The Kier molecular flexibility index (Phi) is 4.88. The number of benzene rings is 2. The van der Waals surface area contributed by atoms with Crippen LogP contribution in [0.3, 0.4) is 0 Å². The number of hydrogen-bond acceptors (Lipinski definition) is 2. The SMILES string of the molecule is NC(=NC1CCCCC1)c1ccc2nc(-c3ccc(Cl)c(Cl)c3)[nH]c2c1. The Bertz CT molecular complexity index is 971. The Morgan fingerprint density at radius 1 is 1.04 bits per heavy atom. The van der Waals surface area contributed by atoms with Crippen molar-refractivity contribution in [2.24, 2.45) is 10.7 Å². The summed E-state index contributed by atoms with van der Waals surface area (Å²) in [6, 6.07) is 11.8. The highest BCUT2D eigenvalue weighted by Gasteiger charge is 2.14. The zero-order chi connectivity index (χ0) is 18.1. The topological polar surface area (TPSA) is 67.1 Å². The second-order valence-corrected chi connectivity index (χ2v) is 7.57. The summed E-state index contributed by atoms with van der Waals surface area (Å²) in [5.74, 6) is 1.35. The number of nitrogens with two attached hydrogens (primary N) is 1. The van der Waals surface area contributed by atoms with Crippen LogP contribution in [0.1, 0.15) is 37.7 Å². The molecule has 0 bridgehead atoms. The van der Waals surface area contributed by atoms with Gasteiger partial charge in [-0.05, 0) is 49.2 Å². The molecule has 0 spiro atoms. The van der Waals surface area contributed by atoms with Crippen molar-refractivity contribution in [1.82, 2.24) is 9.97 Å². The summed E-state index contributed by atoms with van der Waals surface area (Å²) in [4.78, 5) is 12.7. The van der Waals surface area contributed by atoms with E-state index >= 15 is 0 Å². The molecule has 0 atom stereocenters. The Morgan fingerprint density at radius 3 is 2.62 bits per heavy atom. The first kappa shape index (κ1) is 17.4. The van der Waals surface area contributed by atoms with E-state index in [0.29, 0.717) is 21.9 Å². The number of aliphatic imine (C=N–C) groups is 1. The maximum Gasteiger partial charge on any atom is 0.138 e. The number of aromatic nitrogens is 2. The fourth-order valence-electron chi connectivity index (χ4n) is 3.43. The van der Waals surface area contributed by atoms with Crippen molar-refractivity contribution in [3.63, 3.8) is 0 Å². The lowest BCUT2D eigenvalue weighted by molar-refractivity contribution is 0.443. The zero-order valence-electron chi connectivity index (χ0n) is 14.3. The van der Waals surface area contributed by atoms with Crippen LogP contribution in [0.5, 0.6) is 0 Å². The number of aromatic amines is 1. The van der Waals surface area contributed by atoms with Gasteiger partial charge < -0.3 is 10.7 Å². The summed E-state index contributed by atoms with van der Waals surface area (Å²) in [5.41, 5.74) is 9.87. The number of rotatable bonds is 3. The molecule has 134 valence electrons. The summed E-state index contributed by atoms with van der Waals surface area (Å²) in [6.07, 6.45) is 6.06. The van der Waals surface area contributed by atoms with Gasteiger partial charge in [-0.3, -0.25) is 4.99 Å². The van der Waals surface area contributed by atoms with Crippen LogP contribution in [0.2, 0.25) is 10.0 Å². The van der Waals surface area contributed by atoms with Gasteiger partial charge in [-0.25, -0.2) is 4.98 Å². The Labute approximate surface area is 162 Å². The van der Waals surface area contributed by atoms with E-state index in [0.717, 1.165) is 40.8 Å². The van der Waals surface area contributed by atoms with Crippen molar-refractivity contribution in [1.29, 1.82) is 0 Å². The van der Waals surface area contributed by atoms with Gasteiger partial charge in [-0.1, -0.05) is 42.5 Å². The first-order valence-electron chi connectivity index (χ1n) is 8.89. The summed E-state index contributed by atoms with van der Waals surface area (Å²) in [5, 5.41) is 1.04. The van der Waals surface area contributed by atoms with Gasteiger partial charge in [0.25, 0.3) is 0 Å². The molecule has 4 rings (SSSR count). The van der Waals surface area contributed by atoms with Crippen LogP contribution in [-0.2, 0) is 0 Å². The number of nitrogens with one attached hydrogen (secondary N) is 1. The van der Waals surface area contributed by atoms with Gasteiger partial charge >= 0.3 is 0 Å². The largest absolute Gasteiger partial charge is 0.383 e. The van der Waals surface area contributed by atoms with Crippen LogP contribution < -0.4 is 5.73 Å². The van der Waals surface area contributed by atoms with Crippen molar-refractivity contribution in [3.8, 4) is 11.4 Å². The Hall–Kier alpha value is -2.04. The highest BCUT2D eigenvalue weighted by atomic mass is 35.5. The molecule has 1 aromatic heterocycles. The minimum Gasteiger partial charge on any atom is -0.383 e. The number of nitrogens with zero attached hydrogens (tertiary/aromatic N) is 2. The third-order valence-electron chi connectivity index (χ3n) is 4.87. The maximum absolute atomic E-state index is 6.25. The van der Waals surface area contributed by atoms with Gasteiger partial charge in [0.05, 0.1) is 27.1 Å². The highest BCUT2D eigenvalue weighted by Crippen LogP contribution is 2.28. The van der Waals surface area contributed by atoms with E-state index in [1.165, 1.54) is 19.3 Å². The van der Waals surface area contributed by atoms with E-state index in [1.807, 2.05) is 24.3 Å². The predicted octanol–water partition coefficient (Wildman–Crippen LogP) is 5.57. The third kappa shape index (κ3) is 3.57. The standard InChI is InChI=1S/C20H20Cl2N4/c21-15-8-6-13(10-16(15)22)20-25-17-9-7-12(11-18(17)26-20)19(23)24-14-4-2-1-3-5-14/h6-11,14H,1-5H2,(H2,23,24)(H,25,26). The number of imidazole rings is 1. The molecule has 1 fully saturated rings. The minimum absolute atomic E-state index is 0.355. The lowest BCUT2D eigenvalue weighted by Gasteiger charge is -2.18. The molecule has 1 heterocycles. The zero-order valence-corrected chi connectivity index (χ0v) is 15.8. The van der Waals surface area contributed by atoms with E-state index in [2.05, 4.69) is 9.97 Å². The molecule has 0 aliphatic heterocycles. The molecule has 0 saturated heterocycles. The van der Waals surface area contributed by atoms with Crippen LogP contribution in [0, 0.1) is 0 Å². The first-order chi connectivity index (χ1) is 12.6. The molecule has 3 N–H and O–H groups in total. The van der Waals surface area contributed by atoms with Gasteiger partial charge in [0.2, 0.25) is 0 Å². The lowest BCUT2D eigenvalue weighted by Crippen LogP contribution is -2.19. The molecule has 26 heavy (non-hydrogen) atoms. The highest BCUT2D eigenvalue weighted by molar-refractivity contribution is 6.42. The molecular formula is C20H20Cl2N4. The van der Waals surface area contributed by atoms with Gasteiger partial charge in [0.1, 0.15) is 11.7 Å². The van der Waals surface area contributed by atoms with E-state index in [9.17, 15) is 0 Å².